The molecule has 0 spiro atoms. The summed E-state index contributed by atoms with van der Waals surface area (Å²) in [5.74, 6) is 2.79. The third-order valence-electron chi connectivity index (χ3n) is 3.35. The van der Waals surface area contributed by atoms with E-state index in [1.807, 2.05) is 0 Å². The molecule has 1 atom stereocenters. The van der Waals surface area contributed by atoms with E-state index in [0.29, 0.717) is 6.04 Å². The molecule has 0 bridgehead atoms. The fourth-order valence-corrected chi connectivity index (χ4v) is 2.66. The van der Waals surface area contributed by atoms with Gasteiger partial charge in [-0.1, -0.05) is 37.1 Å². The lowest BCUT2D eigenvalue weighted by atomic mass is 10.1. The highest BCUT2D eigenvalue weighted by Gasteiger charge is 2.26. The van der Waals surface area contributed by atoms with Gasteiger partial charge in [0.25, 0.3) is 0 Å². The average Bonchev–Trinajstić information content (AvgIpc) is 2.72. The largest absolute Gasteiger partial charge is 0.285 e. The zero-order chi connectivity index (χ0) is 11.4. The van der Waals surface area contributed by atoms with E-state index in [1.54, 1.807) is 0 Å². The van der Waals surface area contributed by atoms with Gasteiger partial charge in [0.05, 0.1) is 6.54 Å². The lowest BCUT2D eigenvalue weighted by Crippen LogP contribution is -2.28. The Kier molecular flexibility index (Phi) is 5.55. The number of fused-ring (bicyclic) bond motifs is 1. The van der Waals surface area contributed by atoms with Crippen molar-refractivity contribution in [3.05, 3.63) is 35.4 Å². The minimum Gasteiger partial charge on any atom is -0.285 e. The Labute approximate surface area is 111 Å². The molecule has 0 fully saturated rings. The van der Waals surface area contributed by atoms with Gasteiger partial charge in [-0.25, -0.2) is 0 Å². The average molecular weight is 250 g/mol. The van der Waals surface area contributed by atoms with E-state index in [0.717, 1.165) is 13.1 Å². The zero-order valence-corrected chi connectivity index (χ0v) is 11.2. The maximum absolute atomic E-state index is 5.46. The predicted molar refractivity (Wildman–Crippen MR) is 75.4 cm³/mol. The van der Waals surface area contributed by atoms with Gasteiger partial charge in [0.2, 0.25) is 0 Å². The third kappa shape index (κ3) is 3.03. The molecule has 1 aliphatic carbocycles. The molecule has 0 unspecified atom stereocenters. The minimum atomic E-state index is 0. The smallest absolute Gasteiger partial charge is 0.0604 e. The highest BCUT2D eigenvalue weighted by atomic mass is 35.5. The summed E-state index contributed by atoms with van der Waals surface area (Å²) in [6.07, 6.45) is 9.05. The van der Waals surface area contributed by atoms with Crippen LogP contribution in [0.5, 0.6) is 0 Å². The number of halogens is 1. The predicted octanol–water partition coefficient (Wildman–Crippen LogP) is 3.44. The Balaban J connectivity index is 0.00000144. The lowest BCUT2D eigenvalue weighted by Gasteiger charge is -2.27. The first-order valence-corrected chi connectivity index (χ1v) is 6.12. The Bertz CT molecular complexity index is 394. The molecule has 1 aliphatic rings. The van der Waals surface area contributed by atoms with Crippen molar-refractivity contribution in [2.24, 2.45) is 0 Å². The molecule has 0 N–H and O–H groups in total. The molecule has 0 radical (unpaired) electrons. The Hall–Kier alpha value is -0.970. The van der Waals surface area contributed by atoms with Gasteiger partial charge in [-0.15, -0.1) is 18.8 Å². The van der Waals surface area contributed by atoms with Crippen LogP contribution in [0, 0.1) is 12.3 Å². The summed E-state index contributed by atoms with van der Waals surface area (Å²) in [5.41, 5.74) is 3.00. The number of nitrogens with zero attached hydrogens (tertiary/aromatic N) is 1. The van der Waals surface area contributed by atoms with E-state index in [2.05, 4.69) is 42.0 Å². The quantitative estimate of drug-likeness (QED) is 0.739. The van der Waals surface area contributed by atoms with Gasteiger partial charge in [0, 0.05) is 6.04 Å². The van der Waals surface area contributed by atoms with Crippen molar-refractivity contribution in [2.45, 2.75) is 32.2 Å². The van der Waals surface area contributed by atoms with Gasteiger partial charge in [0.1, 0.15) is 0 Å². The molecule has 0 aromatic heterocycles. The summed E-state index contributed by atoms with van der Waals surface area (Å²) in [7, 11) is 0. The normalized spacial score (nSPS) is 17.4. The highest BCUT2D eigenvalue weighted by molar-refractivity contribution is 5.85. The molecule has 2 heteroatoms. The van der Waals surface area contributed by atoms with Crippen molar-refractivity contribution in [3.8, 4) is 12.3 Å². The number of rotatable bonds is 4. The number of aryl methyl sites for hydroxylation is 1. The van der Waals surface area contributed by atoms with Crippen LogP contribution in [0.2, 0.25) is 0 Å². The van der Waals surface area contributed by atoms with E-state index < -0.39 is 0 Å². The summed E-state index contributed by atoms with van der Waals surface area (Å²) < 4.78 is 0. The standard InChI is InChI=1S/C15H19N.ClH/c1-3-11-16(12-4-2)15-10-9-13-7-5-6-8-14(13)15;/h1,5-8,15H,4,9-12H2,2H3;1H/t15-;/m1./s1. The van der Waals surface area contributed by atoms with Crippen molar-refractivity contribution in [1.29, 1.82) is 0 Å². The van der Waals surface area contributed by atoms with Gasteiger partial charge in [0.15, 0.2) is 0 Å². The van der Waals surface area contributed by atoms with Crippen molar-refractivity contribution in [3.63, 3.8) is 0 Å². The van der Waals surface area contributed by atoms with Gasteiger partial charge in [-0.3, -0.25) is 4.90 Å². The van der Waals surface area contributed by atoms with Crippen LogP contribution in [0.15, 0.2) is 24.3 Å². The molecular weight excluding hydrogens is 230 g/mol. The topological polar surface area (TPSA) is 3.24 Å². The first kappa shape index (κ1) is 14.1. The van der Waals surface area contributed by atoms with Crippen LogP contribution in [-0.4, -0.2) is 18.0 Å². The molecular formula is C15H20ClN. The Morgan fingerprint density at radius 2 is 2.18 bits per heavy atom. The second-order valence-electron chi connectivity index (χ2n) is 4.43. The molecule has 1 aromatic rings. The van der Waals surface area contributed by atoms with Gasteiger partial charge < -0.3 is 0 Å². The minimum absolute atomic E-state index is 0. The molecule has 1 aromatic carbocycles. The summed E-state index contributed by atoms with van der Waals surface area (Å²) in [6, 6.07) is 9.32. The highest BCUT2D eigenvalue weighted by Crippen LogP contribution is 2.35. The fourth-order valence-electron chi connectivity index (χ4n) is 2.66. The Morgan fingerprint density at radius 1 is 1.41 bits per heavy atom. The van der Waals surface area contributed by atoms with E-state index in [9.17, 15) is 0 Å². The second-order valence-corrected chi connectivity index (χ2v) is 4.43. The summed E-state index contributed by atoms with van der Waals surface area (Å²) in [5, 5.41) is 0. The van der Waals surface area contributed by atoms with Gasteiger partial charge in [-0.2, -0.15) is 0 Å². The van der Waals surface area contributed by atoms with Crippen LogP contribution in [0.1, 0.15) is 36.9 Å². The van der Waals surface area contributed by atoms with Crippen molar-refractivity contribution in [2.75, 3.05) is 13.1 Å². The maximum atomic E-state index is 5.46. The lowest BCUT2D eigenvalue weighted by molar-refractivity contribution is 0.222. The van der Waals surface area contributed by atoms with Crippen molar-refractivity contribution in [1.82, 2.24) is 4.90 Å². The number of terminal acetylenes is 1. The molecule has 92 valence electrons. The van der Waals surface area contributed by atoms with Crippen LogP contribution in [0.3, 0.4) is 0 Å². The van der Waals surface area contributed by atoms with Crippen molar-refractivity contribution < 1.29 is 0 Å². The van der Waals surface area contributed by atoms with Crippen LogP contribution in [0.25, 0.3) is 0 Å². The van der Waals surface area contributed by atoms with Crippen molar-refractivity contribution >= 4 is 12.4 Å². The van der Waals surface area contributed by atoms with Crippen LogP contribution < -0.4 is 0 Å². The first-order chi connectivity index (χ1) is 7.86. The molecule has 17 heavy (non-hydrogen) atoms. The third-order valence-corrected chi connectivity index (χ3v) is 3.35. The summed E-state index contributed by atoms with van der Waals surface area (Å²) in [4.78, 5) is 2.44. The van der Waals surface area contributed by atoms with Crippen LogP contribution in [0.4, 0.5) is 0 Å². The SMILES string of the molecule is C#CCN(CCC)[C@@H]1CCc2ccccc21.Cl. The monoisotopic (exact) mass is 249 g/mol. The van der Waals surface area contributed by atoms with Crippen LogP contribution in [-0.2, 0) is 6.42 Å². The van der Waals surface area contributed by atoms with E-state index in [-0.39, 0.29) is 12.4 Å². The van der Waals surface area contributed by atoms with E-state index in [1.165, 1.54) is 30.4 Å². The Morgan fingerprint density at radius 3 is 2.88 bits per heavy atom. The first-order valence-electron chi connectivity index (χ1n) is 6.12. The number of hydrogen-bond acceptors (Lipinski definition) is 1. The summed E-state index contributed by atoms with van der Waals surface area (Å²) in [6.45, 7) is 4.08. The molecule has 0 saturated heterocycles. The second kappa shape index (κ2) is 6.69. The molecule has 0 amide bonds. The van der Waals surface area contributed by atoms with Gasteiger partial charge in [-0.05, 0) is 36.9 Å². The van der Waals surface area contributed by atoms with Gasteiger partial charge >= 0.3 is 0 Å². The molecule has 0 saturated carbocycles. The number of hydrogen-bond donors (Lipinski definition) is 0. The number of benzene rings is 1. The zero-order valence-electron chi connectivity index (χ0n) is 10.4. The maximum Gasteiger partial charge on any atom is 0.0604 e. The van der Waals surface area contributed by atoms with Crippen LogP contribution >= 0.6 is 12.4 Å². The molecule has 1 nitrogen and oxygen atoms in total. The molecule has 0 heterocycles. The van der Waals surface area contributed by atoms with E-state index >= 15 is 0 Å². The molecule has 0 aliphatic heterocycles. The fraction of sp³-hybridized carbons (Fsp3) is 0.467. The van der Waals surface area contributed by atoms with E-state index in [4.69, 9.17) is 6.42 Å². The summed E-state index contributed by atoms with van der Waals surface area (Å²) >= 11 is 0. The molecule has 2 rings (SSSR count).